The first kappa shape index (κ1) is 14.7. The summed E-state index contributed by atoms with van der Waals surface area (Å²) in [5.74, 6) is 1.80. The van der Waals surface area contributed by atoms with Gasteiger partial charge in [0.05, 0.1) is 0 Å². The number of carbonyl (C=O) groups is 1. The number of hydrogen-bond acceptors (Lipinski definition) is 6. The Kier molecular flexibility index (Phi) is 5.02. The Morgan fingerprint density at radius 3 is 2.95 bits per heavy atom. The molecule has 2 heterocycles. The topological polar surface area (TPSA) is 112 Å². The molecule has 112 valence electrons. The van der Waals surface area contributed by atoms with Crippen LogP contribution in [-0.4, -0.2) is 51.8 Å². The van der Waals surface area contributed by atoms with Gasteiger partial charge in [-0.05, 0) is 12.5 Å². The van der Waals surface area contributed by atoms with Gasteiger partial charge < -0.3 is 10.2 Å². The second kappa shape index (κ2) is 7.17. The fraction of sp³-hybridized carbons (Fsp3) is 0.417. The number of nitrogens with zero attached hydrogens (tertiary/aromatic N) is 5. The van der Waals surface area contributed by atoms with Crippen LogP contribution < -0.4 is 15.5 Å². The number of H-pyrrole nitrogens is 1. The van der Waals surface area contributed by atoms with E-state index in [0.717, 1.165) is 24.5 Å². The van der Waals surface area contributed by atoms with E-state index in [1.54, 1.807) is 12.3 Å². The molecule has 2 aromatic rings. The number of aromatic amines is 1. The highest BCUT2D eigenvalue weighted by atomic mass is 16.2. The monoisotopic (exact) mass is 290 g/mol. The van der Waals surface area contributed by atoms with Crippen molar-refractivity contribution in [1.82, 2.24) is 30.5 Å². The summed E-state index contributed by atoms with van der Waals surface area (Å²) in [5, 5.41) is 11.9. The van der Waals surface area contributed by atoms with E-state index in [4.69, 9.17) is 0 Å². The minimum atomic E-state index is -0.330. The first-order valence-corrected chi connectivity index (χ1v) is 6.54. The zero-order chi connectivity index (χ0) is 15.1. The Hall–Kier alpha value is -2.71. The van der Waals surface area contributed by atoms with Gasteiger partial charge in [-0.2, -0.15) is 10.1 Å². The lowest BCUT2D eigenvalue weighted by Gasteiger charge is -2.12. The summed E-state index contributed by atoms with van der Waals surface area (Å²) >= 11 is 0. The van der Waals surface area contributed by atoms with Crippen molar-refractivity contribution >= 4 is 17.8 Å². The summed E-state index contributed by atoms with van der Waals surface area (Å²) < 4.78 is 0. The van der Waals surface area contributed by atoms with Crippen LogP contribution in [0.3, 0.4) is 0 Å². The van der Waals surface area contributed by atoms with E-state index in [9.17, 15) is 4.79 Å². The summed E-state index contributed by atoms with van der Waals surface area (Å²) in [6, 6.07) is 1.43. The Morgan fingerprint density at radius 2 is 2.24 bits per heavy atom. The quantitative estimate of drug-likeness (QED) is 0.665. The minimum Gasteiger partial charge on any atom is -0.363 e. The van der Waals surface area contributed by atoms with Crippen molar-refractivity contribution in [2.75, 3.05) is 30.9 Å². The zero-order valence-electron chi connectivity index (χ0n) is 12.0. The average molecular weight is 290 g/mol. The van der Waals surface area contributed by atoms with E-state index in [1.165, 1.54) is 6.33 Å². The lowest BCUT2D eigenvalue weighted by atomic mass is 10.3. The van der Waals surface area contributed by atoms with Crippen LogP contribution in [0.5, 0.6) is 0 Å². The molecule has 0 saturated carbocycles. The molecule has 9 nitrogen and oxygen atoms in total. The lowest BCUT2D eigenvalue weighted by molar-refractivity contribution is 0.252. The van der Waals surface area contributed by atoms with Gasteiger partial charge in [0.25, 0.3) is 0 Å². The molecule has 0 spiro atoms. The van der Waals surface area contributed by atoms with Crippen LogP contribution in [0.25, 0.3) is 0 Å². The molecule has 2 amide bonds. The van der Waals surface area contributed by atoms with Gasteiger partial charge in [-0.1, -0.05) is 0 Å². The van der Waals surface area contributed by atoms with Crippen LogP contribution in [-0.2, 0) is 6.42 Å². The molecule has 2 aromatic heterocycles. The second-order valence-corrected chi connectivity index (χ2v) is 4.55. The average Bonchev–Trinajstić information content (AvgIpc) is 2.97. The Labute approximate surface area is 122 Å². The summed E-state index contributed by atoms with van der Waals surface area (Å²) in [7, 11) is 3.74. The molecule has 2 rings (SSSR count). The molecule has 0 atom stereocenters. The Balaban J connectivity index is 1.72. The Morgan fingerprint density at radius 1 is 1.38 bits per heavy atom. The lowest BCUT2D eigenvalue weighted by Crippen LogP contribution is -2.30. The van der Waals surface area contributed by atoms with Crippen LogP contribution in [0, 0.1) is 0 Å². The molecular weight excluding hydrogens is 272 g/mol. The van der Waals surface area contributed by atoms with Crippen molar-refractivity contribution in [3.05, 3.63) is 24.4 Å². The summed E-state index contributed by atoms with van der Waals surface area (Å²) in [5.41, 5.74) is 0. The molecule has 0 aliphatic carbocycles. The third-order valence-electron chi connectivity index (χ3n) is 2.67. The number of rotatable bonds is 6. The largest absolute Gasteiger partial charge is 0.363 e. The maximum absolute atomic E-state index is 11.7. The molecule has 0 fully saturated rings. The predicted octanol–water partition coefficient (Wildman–Crippen LogP) is 0.415. The fourth-order valence-corrected chi connectivity index (χ4v) is 1.61. The standard InChI is InChI=1S/C12H18N8O/c1-20(2)10-5-7-13-11(17-10)18-12(21)14-6-3-4-9-15-8-16-19-9/h5,7-8H,3-4,6H2,1-2H3,(H,15,16,19)(H2,13,14,17,18,21). The number of urea groups is 1. The summed E-state index contributed by atoms with van der Waals surface area (Å²) in [6.07, 6.45) is 4.56. The second-order valence-electron chi connectivity index (χ2n) is 4.55. The number of aromatic nitrogens is 5. The molecule has 9 heteroatoms. The first-order chi connectivity index (χ1) is 10.1. The number of hydrogen-bond donors (Lipinski definition) is 3. The van der Waals surface area contributed by atoms with Crippen molar-refractivity contribution in [1.29, 1.82) is 0 Å². The molecule has 0 saturated heterocycles. The van der Waals surface area contributed by atoms with Gasteiger partial charge in [0, 0.05) is 33.3 Å². The van der Waals surface area contributed by atoms with E-state index in [-0.39, 0.29) is 12.0 Å². The summed E-state index contributed by atoms with van der Waals surface area (Å²) in [4.78, 5) is 25.7. The minimum absolute atomic E-state index is 0.272. The number of anilines is 2. The van der Waals surface area contributed by atoms with Gasteiger partial charge >= 0.3 is 6.03 Å². The number of amides is 2. The third kappa shape index (κ3) is 4.71. The van der Waals surface area contributed by atoms with Gasteiger partial charge in [-0.25, -0.2) is 14.8 Å². The molecule has 0 radical (unpaired) electrons. The highest BCUT2D eigenvalue weighted by molar-refractivity contribution is 5.87. The van der Waals surface area contributed by atoms with Crippen molar-refractivity contribution in [2.24, 2.45) is 0 Å². The van der Waals surface area contributed by atoms with Crippen molar-refractivity contribution < 1.29 is 4.79 Å². The van der Waals surface area contributed by atoms with Crippen LogP contribution in [0.4, 0.5) is 16.6 Å². The van der Waals surface area contributed by atoms with Gasteiger partial charge in [0.2, 0.25) is 5.95 Å². The van der Waals surface area contributed by atoms with E-state index < -0.39 is 0 Å². The molecular formula is C12H18N8O. The fourth-order valence-electron chi connectivity index (χ4n) is 1.61. The van der Waals surface area contributed by atoms with Crippen molar-refractivity contribution in [3.8, 4) is 0 Å². The first-order valence-electron chi connectivity index (χ1n) is 6.54. The molecule has 3 N–H and O–H groups in total. The van der Waals surface area contributed by atoms with Crippen molar-refractivity contribution in [2.45, 2.75) is 12.8 Å². The van der Waals surface area contributed by atoms with Crippen LogP contribution in [0.15, 0.2) is 18.6 Å². The highest BCUT2D eigenvalue weighted by Crippen LogP contribution is 2.07. The Bertz CT molecular complexity index is 568. The highest BCUT2D eigenvalue weighted by Gasteiger charge is 2.05. The maximum Gasteiger partial charge on any atom is 0.321 e. The van der Waals surface area contributed by atoms with E-state index in [0.29, 0.717) is 6.54 Å². The van der Waals surface area contributed by atoms with Gasteiger partial charge in [-0.15, -0.1) is 0 Å². The van der Waals surface area contributed by atoms with Crippen LogP contribution in [0.1, 0.15) is 12.2 Å². The normalized spacial score (nSPS) is 10.2. The molecule has 0 bridgehead atoms. The molecule has 0 aliphatic rings. The molecule has 21 heavy (non-hydrogen) atoms. The van der Waals surface area contributed by atoms with Crippen LogP contribution in [0.2, 0.25) is 0 Å². The van der Waals surface area contributed by atoms with E-state index in [1.807, 2.05) is 19.0 Å². The zero-order valence-corrected chi connectivity index (χ0v) is 12.0. The van der Waals surface area contributed by atoms with Crippen LogP contribution >= 0.6 is 0 Å². The van der Waals surface area contributed by atoms with E-state index >= 15 is 0 Å². The third-order valence-corrected chi connectivity index (χ3v) is 2.67. The molecule has 0 aliphatic heterocycles. The van der Waals surface area contributed by atoms with Gasteiger partial charge in [0.15, 0.2) is 0 Å². The SMILES string of the molecule is CN(C)c1ccnc(NC(=O)NCCCc2ncn[nH]2)n1. The number of carbonyl (C=O) groups excluding carboxylic acids is 1. The molecule has 0 aromatic carbocycles. The summed E-state index contributed by atoms with van der Waals surface area (Å²) in [6.45, 7) is 0.528. The molecule has 0 unspecified atom stereocenters. The van der Waals surface area contributed by atoms with Gasteiger partial charge in [0.1, 0.15) is 18.0 Å². The smallest absolute Gasteiger partial charge is 0.321 e. The van der Waals surface area contributed by atoms with Crippen molar-refractivity contribution in [3.63, 3.8) is 0 Å². The number of nitrogens with one attached hydrogen (secondary N) is 3. The predicted molar refractivity (Wildman–Crippen MR) is 78.1 cm³/mol. The van der Waals surface area contributed by atoms with E-state index in [2.05, 4.69) is 35.8 Å². The number of aryl methyl sites for hydroxylation is 1. The van der Waals surface area contributed by atoms with Gasteiger partial charge in [-0.3, -0.25) is 10.4 Å². The maximum atomic E-state index is 11.7.